The highest BCUT2D eigenvalue weighted by atomic mass is 16.5. The predicted octanol–water partition coefficient (Wildman–Crippen LogP) is 2.50. The van der Waals surface area contributed by atoms with Gasteiger partial charge in [-0.2, -0.15) is 0 Å². The van der Waals surface area contributed by atoms with Crippen LogP contribution in [0.2, 0.25) is 0 Å². The molecule has 1 atom stereocenters. The SMILES string of the molecule is CCCOCC(=O)N[C@H](C)C1CCCCC1. The normalized spacial score (nSPS) is 19.4. The van der Waals surface area contributed by atoms with Crippen LogP contribution in [0.15, 0.2) is 0 Å². The molecule has 0 aromatic carbocycles. The number of ether oxygens (including phenoxy) is 1. The third-order valence-electron chi connectivity index (χ3n) is 3.33. The molecule has 1 fully saturated rings. The molecule has 1 N–H and O–H groups in total. The van der Waals surface area contributed by atoms with Gasteiger partial charge in [0.15, 0.2) is 0 Å². The second kappa shape index (κ2) is 7.66. The number of rotatable bonds is 6. The van der Waals surface area contributed by atoms with Crippen molar-refractivity contribution in [2.45, 2.75) is 58.4 Å². The van der Waals surface area contributed by atoms with E-state index < -0.39 is 0 Å². The number of nitrogens with one attached hydrogen (secondary N) is 1. The van der Waals surface area contributed by atoms with Crippen LogP contribution in [0, 0.1) is 5.92 Å². The summed E-state index contributed by atoms with van der Waals surface area (Å²) in [4.78, 5) is 11.5. The van der Waals surface area contributed by atoms with E-state index in [1.165, 1.54) is 32.1 Å². The summed E-state index contributed by atoms with van der Waals surface area (Å²) in [6, 6.07) is 0.304. The van der Waals surface area contributed by atoms with E-state index in [1.807, 2.05) is 6.92 Å². The summed E-state index contributed by atoms with van der Waals surface area (Å²) in [6.45, 7) is 5.05. The van der Waals surface area contributed by atoms with E-state index in [0.29, 0.717) is 18.6 Å². The molecule has 0 aromatic heterocycles. The Morgan fingerprint density at radius 1 is 1.38 bits per heavy atom. The van der Waals surface area contributed by atoms with Gasteiger partial charge in [-0.1, -0.05) is 26.2 Å². The summed E-state index contributed by atoms with van der Waals surface area (Å²) in [6.07, 6.45) is 7.48. The summed E-state index contributed by atoms with van der Waals surface area (Å²) in [5.74, 6) is 0.704. The number of amides is 1. The molecule has 16 heavy (non-hydrogen) atoms. The molecule has 0 aliphatic heterocycles. The Kier molecular flexibility index (Phi) is 6.46. The molecule has 94 valence electrons. The highest BCUT2D eigenvalue weighted by Crippen LogP contribution is 2.26. The molecule has 0 bridgehead atoms. The summed E-state index contributed by atoms with van der Waals surface area (Å²) >= 11 is 0. The average molecular weight is 227 g/mol. The lowest BCUT2D eigenvalue weighted by Gasteiger charge is -2.28. The van der Waals surface area contributed by atoms with Gasteiger partial charge in [0, 0.05) is 12.6 Å². The maximum Gasteiger partial charge on any atom is 0.246 e. The van der Waals surface area contributed by atoms with Crippen LogP contribution >= 0.6 is 0 Å². The molecule has 1 saturated carbocycles. The Morgan fingerprint density at radius 3 is 2.69 bits per heavy atom. The number of carbonyl (C=O) groups excluding carboxylic acids is 1. The van der Waals surface area contributed by atoms with Crippen molar-refractivity contribution in [3.8, 4) is 0 Å². The van der Waals surface area contributed by atoms with Gasteiger partial charge in [0.05, 0.1) is 0 Å². The van der Waals surface area contributed by atoms with Gasteiger partial charge < -0.3 is 10.1 Å². The van der Waals surface area contributed by atoms with Crippen LogP contribution in [-0.2, 0) is 9.53 Å². The van der Waals surface area contributed by atoms with Crippen molar-refractivity contribution in [2.24, 2.45) is 5.92 Å². The largest absolute Gasteiger partial charge is 0.372 e. The van der Waals surface area contributed by atoms with E-state index in [9.17, 15) is 4.79 Å². The van der Waals surface area contributed by atoms with Gasteiger partial charge >= 0.3 is 0 Å². The highest BCUT2D eigenvalue weighted by Gasteiger charge is 2.21. The molecule has 0 aromatic rings. The first-order chi connectivity index (χ1) is 7.74. The lowest BCUT2D eigenvalue weighted by atomic mass is 9.84. The van der Waals surface area contributed by atoms with Crippen molar-refractivity contribution < 1.29 is 9.53 Å². The summed E-state index contributed by atoms with van der Waals surface area (Å²) in [5, 5.41) is 3.04. The first-order valence-electron chi connectivity index (χ1n) is 6.61. The zero-order valence-electron chi connectivity index (χ0n) is 10.6. The minimum atomic E-state index is 0.0338. The first kappa shape index (κ1) is 13.5. The van der Waals surface area contributed by atoms with Gasteiger partial charge in [-0.15, -0.1) is 0 Å². The maximum absolute atomic E-state index is 11.5. The van der Waals surface area contributed by atoms with Gasteiger partial charge in [0.25, 0.3) is 0 Å². The molecule has 3 nitrogen and oxygen atoms in total. The van der Waals surface area contributed by atoms with Gasteiger partial charge in [-0.05, 0) is 32.1 Å². The molecular formula is C13H25NO2. The zero-order valence-corrected chi connectivity index (χ0v) is 10.6. The van der Waals surface area contributed by atoms with Gasteiger partial charge in [0.2, 0.25) is 5.91 Å². The molecule has 0 radical (unpaired) electrons. The van der Waals surface area contributed by atoms with Gasteiger partial charge in [0.1, 0.15) is 6.61 Å². The molecule has 1 rings (SSSR count). The quantitative estimate of drug-likeness (QED) is 0.708. The molecule has 3 heteroatoms. The highest BCUT2D eigenvalue weighted by molar-refractivity contribution is 5.77. The fourth-order valence-corrected chi connectivity index (χ4v) is 2.36. The molecule has 0 unspecified atom stereocenters. The minimum Gasteiger partial charge on any atom is -0.372 e. The third kappa shape index (κ3) is 4.97. The number of carbonyl (C=O) groups is 1. The number of hydrogen-bond donors (Lipinski definition) is 1. The molecule has 0 heterocycles. The van der Waals surface area contributed by atoms with Crippen molar-refractivity contribution in [1.29, 1.82) is 0 Å². The van der Waals surface area contributed by atoms with Gasteiger partial charge in [-0.25, -0.2) is 0 Å². The Morgan fingerprint density at radius 2 is 2.06 bits per heavy atom. The molecule has 1 aliphatic carbocycles. The monoisotopic (exact) mass is 227 g/mol. The van der Waals surface area contributed by atoms with E-state index in [4.69, 9.17) is 4.74 Å². The van der Waals surface area contributed by atoms with E-state index in [2.05, 4.69) is 12.2 Å². The van der Waals surface area contributed by atoms with Crippen LogP contribution in [0.5, 0.6) is 0 Å². The first-order valence-corrected chi connectivity index (χ1v) is 6.61. The Hall–Kier alpha value is -0.570. The van der Waals surface area contributed by atoms with Crippen molar-refractivity contribution >= 4 is 5.91 Å². The Balaban J connectivity index is 2.16. The second-order valence-electron chi connectivity index (χ2n) is 4.81. The van der Waals surface area contributed by atoms with Crippen LogP contribution in [0.3, 0.4) is 0 Å². The minimum absolute atomic E-state index is 0.0338. The molecule has 1 aliphatic rings. The standard InChI is InChI=1S/C13H25NO2/c1-3-9-16-10-13(15)14-11(2)12-7-5-4-6-8-12/h11-12H,3-10H2,1-2H3,(H,14,15)/t11-/m1/s1. The van der Waals surface area contributed by atoms with Crippen molar-refractivity contribution in [3.05, 3.63) is 0 Å². The number of hydrogen-bond acceptors (Lipinski definition) is 2. The molecular weight excluding hydrogens is 202 g/mol. The maximum atomic E-state index is 11.5. The van der Waals surface area contributed by atoms with Crippen molar-refractivity contribution in [3.63, 3.8) is 0 Å². The Labute approximate surface area is 98.9 Å². The third-order valence-corrected chi connectivity index (χ3v) is 3.33. The predicted molar refractivity (Wildman–Crippen MR) is 65.3 cm³/mol. The summed E-state index contributed by atoms with van der Waals surface area (Å²) < 4.78 is 5.22. The molecule has 0 spiro atoms. The smallest absolute Gasteiger partial charge is 0.246 e. The van der Waals surface area contributed by atoms with Gasteiger partial charge in [-0.3, -0.25) is 4.79 Å². The van der Waals surface area contributed by atoms with Crippen LogP contribution in [-0.4, -0.2) is 25.2 Å². The van der Waals surface area contributed by atoms with Crippen LogP contribution in [0.25, 0.3) is 0 Å². The molecule has 1 amide bonds. The lowest BCUT2D eigenvalue weighted by molar-refractivity contribution is -0.126. The van der Waals surface area contributed by atoms with Crippen molar-refractivity contribution in [1.82, 2.24) is 5.32 Å². The second-order valence-corrected chi connectivity index (χ2v) is 4.81. The fourth-order valence-electron chi connectivity index (χ4n) is 2.36. The fraction of sp³-hybridized carbons (Fsp3) is 0.923. The average Bonchev–Trinajstić information content (AvgIpc) is 2.30. The summed E-state index contributed by atoms with van der Waals surface area (Å²) in [7, 11) is 0. The lowest BCUT2D eigenvalue weighted by Crippen LogP contribution is -2.40. The topological polar surface area (TPSA) is 38.3 Å². The zero-order chi connectivity index (χ0) is 11.8. The van der Waals surface area contributed by atoms with E-state index in [1.54, 1.807) is 0 Å². The Bertz CT molecular complexity index is 200. The van der Waals surface area contributed by atoms with Crippen molar-refractivity contribution in [2.75, 3.05) is 13.2 Å². The molecule has 0 saturated heterocycles. The van der Waals surface area contributed by atoms with Crippen LogP contribution in [0.1, 0.15) is 52.4 Å². The van der Waals surface area contributed by atoms with Crippen LogP contribution < -0.4 is 5.32 Å². The van der Waals surface area contributed by atoms with E-state index >= 15 is 0 Å². The summed E-state index contributed by atoms with van der Waals surface area (Å²) in [5.41, 5.74) is 0. The van der Waals surface area contributed by atoms with E-state index in [-0.39, 0.29) is 12.5 Å². The van der Waals surface area contributed by atoms with Crippen LogP contribution in [0.4, 0.5) is 0 Å². The van der Waals surface area contributed by atoms with E-state index in [0.717, 1.165) is 6.42 Å².